The first-order valence-corrected chi connectivity index (χ1v) is 7.26. The molecule has 1 N–H and O–H groups in total. The molecule has 2 aromatic heterocycles. The fourth-order valence-corrected chi connectivity index (χ4v) is 2.40. The Labute approximate surface area is 124 Å². The van der Waals surface area contributed by atoms with Gasteiger partial charge < -0.3 is 14.4 Å². The van der Waals surface area contributed by atoms with Crippen molar-refractivity contribution in [2.75, 3.05) is 6.54 Å². The lowest BCUT2D eigenvalue weighted by atomic mass is 10.1. The molecule has 0 radical (unpaired) electrons. The SMILES string of the molecule is CC(C)CNCc1ccc2ccn(Cc3ncon3)c2c1. The highest BCUT2D eigenvalue weighted by Gasteiger charge is 2.06. The van der Waals surface area contributed by atoms with E-state index in [0.29, 0.717) is 18.3 Å². The molecule has 0 aliphatic heterocycles. The summed E-state index contributed by atoms with van der Waals surface area (Å²) in [6, 6.07) is 8.67. The van der Waals surface area contributed by atoms with Crippen molar-refractivity contribution in [3.05, 3.63) is 48.2 Å². The van der Waals surface area contributed by atoms with Gasteiger partial charge in [0, 0.05) is 18.3 Å². The Morgan fingerprint density at radius 1 is 1.29 bits per heavy atom. The molecule has 0 aliphatic carbocycles. The predicted octanol–water partition coefficient (Wildman–Crippen LogP) is 2.82. The van der Waals surface area contributed by atoms with E-state index in [4.69, 9.17) is 4.52 Å². The average molecular weight is 284 g/mol. The predicted molar refractivity (Wildman–Crippen MR) is 81.9 cm³/mol. The molecule has 0 aliphatic rings. The van der Waals surface area contributed by atoms with Crippen molar-refractivity contribution in [3.8, 4) is 0 Å². The lowest BCUT2D eigenvalue weighted by molar-refractivity contribution is 0.408. The highest BCUT2D eigenvalue weighted by molar-refractivity contribution is 5.80. The Morgan fingerprint density at radius 3 is 2.95 bits per heavy atom. The van der Waals surface area contributed by atoms with Crippen molar-refractivity contribution in [1.29, 1.82) is 0 Å². The van der Waals surface area contributed by atoms with E-state index in [2.05, 4.69) is 64.3 Å². The molecule has 1 aromatic carbocycles. The van der Waals surface area contributed by atoms with E-state index >= 15 is 0 Å². The number of aromatic nitrogens is 3. The Bertz CT molecular complexity index is 700. The third-order valence-electron chi connectivity index (χ3n) is 3.44. The molecule has 0 fully saturated rings. The Hall–Kier alpha value is -2.14. The van der Waals surface area contributed by atoms with E-state index in [-0.39, 0.29) is 0 Å². The highest BCUT2D eigenvalue weighted by Crippen LogP contribution is 2.18. The Kier molecular flexibility index (Phi) is 4.01. The molecule has 3 rings (SSSR count). The van der Waals surface area contributed by atoms with Gasteiger partial charge in [0.2, 0.25) is 6.39 Å². The maximum Gasteiger partial charge on any atom is 0.213 e. The fraction of sp³-hybridized carbons (Fsp3) is 0.375. The monoisotopic (exact) mass is 284 g/mol. The molecule has 21 heavy (non-hydrogen) atoms. The molecule has 2 heterocycles. The van der Waals surface area contributed by atoms with Crippen LogP contribution in [0.3, 0.4) is 0 Å². The quantitative estimate of drug-likeness (QED) is 0.756. The summed E-state index contributed by atoms with van der Waals surface area (Å²) in [6.45, 7) is 6.98. The lowest BCUT2D eigenvalue weighted by Gasteiger charge is -2.08. The smallest absolute Gasteiger partial charge is 0.213 e. The molecule has 110 valence electrons. The largest absolute Gasteiger partial charge is 0.343 e. The van der Waals surface area contributed by atoms with Gasteiger partial charge in [-0.1, -0.05) is 31.1 Å². The number of benzene rings is 1. The van der Waals surface area contributed by atoms with Crippen LogP contribution in [-0.2, 0) is 13.1 Å². The first kappa shape index (κ1) is 13.8. The molecule has 5 heteroatoms. The zero-order chi connectivity index (χ0) is 14.7. The van der Waals surface area contributed by atoms with Gasteiger partial charge in [-0.15, -0.1) is 0 Å². The molecular weight excluding hydrogens is 264 g/mol. The van der Waals surface area contributed by atoms with Crippen LogP contribution >= 0.6 is 0 Å². The van der Waals surface area contributed by atoms with Gasteiger partial charge in [-0.3, -0.25) is 0 Å². The van der Waals surface area contributed by atoms with Crippen molar-refractivity contribution in [1.82, 2.24) is 20.0 Å². The summed E-state index contributed by atoms with van der Waals surface area (Å²) in [5.41, 5.74) is 2.49. The zero-order valence-corrected chi connectivity index (χ0v) is 12.4. The van der Waals surface area contributed by atoms with E-state index in [1.165, 1.54) is 22.9 Å². The van der Waals surface area contributed by atoms with Crippen molar-refractivity contribution < 1.29 is 4.52 Å². The van der Waals surface area contributed by atoms with Crippen LogP contribution in [0.15, 0.2) is 41.4 Å². The lowest BCUT2D eigenvalue weighted by Crippen LogP contribution is -2.18. The number of rotatable bonds is 6. The zero-order valence-electron chi connectivity index (χ0n) is 12.4. The van der Waals surface area contributed by atoms with Gasteiger partial charge in [0.1, 0.15) is 0 Å². The second-order valence-electron chi connectivity index (χ2n) is 5.71. The number of fused-ring (bicyclic) bond motifs is 1. The van der Waals surface area contributed by atoms with E-state index in [0.717, 1.165) is 13.1 Å². The number of hydrogen-bond donors (Lipinski definition) is 1. The molecule has 0 saturated carbocycles. The third kappa shape index (κ3) is 3.31. The molecule has 0 unspecified atom stereocenters. The first-order chi connectivity index (χ1) is 10.2. The second-order valence-corrected chi connectivity index (χ2v) is 5.71. The Balaban J connectivity index is 1.79. The van der Waals surface area contributed by atoms with Crippen LogP contribution in [0, 0.1) is 5.92 Å². The summed E-state index contributed by atoms with van der Waals surface area (Å²) < 4.78 is 6.94. The van der Waals surface area contributed by atoms with Gasteiger partial charge in [0.15, 0.2) is 5.82 Å². The van der Waals surface area contributed by atoms with Gasteiger partial charge in [-0.25, -0.2) is 0 Å². The van der Waals surface area contributed by atoms with Crippen molar-refractivity contribution in [3.63, 3.8) is 0 Å². The average Bonchev–Trinajstić information content (AvgIpc) is 3.09. The summed E-state index contributed by atoms with van der Waals surface area (Å²) in [5, 5.41) is 8.57. The number of hydrogen-bond acceptors (Lipinski definition) is 4. The van der Waals surface area contributed by atoms with Crippen molar-refractivity contribution in [2.45, 2.75) is 26.9 Å². The molecule has 3 aromatic rings. The van der Waals surface area contributed by atoms with Crippen molar-refractivity contribution in [2.24, 2.45) is 5.92 Å². The minimum atomic E-state index is 0.628. The molecule has 0 atom stereocenters. The van der Waals surface area contributed by atoms with E-state index in [9.17, 15) is 0 Å². The minimum absolute atomic E-state index is 0.628. The summed E-state index contributed by atoms with van der Waals surface area (Å²) >= 11 is 0. The van der Waals surface area contributed by atoms with Crippen LogP contribution in [0.2, 0.25) is 0 Å². The molecule has 0 spiro atoms. The maximum atomic E-state index is 4.79. The molecule has 0 bridgehead atoms. The van der Waals surface area contributed by atoms with Crippen LogP contribution < -0.4 is 5.32 Å². The normalized spacial score (nSPS) is 11.6. The van der Waals surface area contributed by atoms with Crippen LogP contribution in [0.25, 0.3) is 10.9 Å². The minimum Gasteiger partial charge on any atom is -0.343 e. The van der Waals surface area contributed by atoms with Gasteiger partial charge in [0.25, 0.3) is 0 Å². The fourth-order valence-electron chi connectivity index (χ4n) is 2.40. The van der Waals surface area contributed by atoms with Crippen LogP contribution in [0.5, 0.6) is 0 Å². The van der Waals surface area contributed by atoms with Gasteiger partial charge in [0.05, 0.1) is 6.54 Å². The highest BCUT2D eigenvalue weighted by atomic mass is 16.5. The van der Waals surface area contributed by atoms with Gasteiger partial charge in [-0.2, -0.15) is 4.98 Å². The maximum absolute atomic E-state index is 4.79. The van der Waals surface area contributed by atoms with E-state index < -0.39 is 0 Å². The molecule has 5 nitrogen and oxygen atoms in total. The second kappa shape index (κ2) is 6.10. The number of nitrogens with zero attached hydrogens (tertiary/aromatic N) is 3. The standard InChI is InChI=1S/C16H20N4O/c1-12(2)8-17-9-13-3-4-14-5-6-20(15(14)7-13)10-16-18-11-21-19-16/h3-7,11-12,17H,8-10H2,1-2H3. The third-order valence-corrected chi connectivity index (χ3v) is 3.44. The van der Waals surface area contributed by atoms with E-state index in [1.807, 2.05) is 0 Å². The summed E-state index contributed by atoms with van der Waals surface area (Å²) in [5.74, 6) is 1.35. The summed E-state index contributed by atoms with van der Waals surface area (Å²) in [4.78, 5) is 4.08. The van der Waals surface area contributed by atoms with Crippen molar-refractivity contribution >= 4 is 10.9 Å². The molecule has 0 saturated heterocycles. The van der Waals surface area contributed by atoms with Gasteiger partial charge in [-0.05, 0) is 35.5 Å². The summed E-state index contributed by atoms with van der Waals surface area (Å²) in [7, 11) is 0. The molecule has 0 amide bonds. The molecular formula is C16H20N4O. The van der Waals surface area contributed by atoms with Gasteiger partial charge >= 0.3 is 0 Å². The van der Waals surface area contributed by atoms with E-state index in [1.54, 1.807) is 0 Å². The Morgan fingerprint density at radius 2 is 2.19 bits per heavy atom. The summed E-state index contributed by atoms with van der Waals surface area (Å²) in [6.07, 6.45) is 3.43. The van der Waals surface area contributed by atoms with Crippen LogP contribution in [0.1, 0.15) is 25.2 Å². The van der Waals surface area contributed by atoms with Crippen LogP contribution in [0.4, 0.5) is 0 Å². The first-order valence-electron chi connectivity index (χ1n) is 7.26. The van der Waals surface area contributed by atoms with Crippen LogP contribution in [-0.4, -0.2) is 21.3 Å². The number of nitrogens with one attached hydrogen (secondary N) is 1. The topological polar surface area (TPSA) is 55.9 Å².